The van der Waals surface area contributed by atoms with E-state index in [4.69, 9.17) is 4.74 Å². The summed E-state index contributed by atoms with van der Waals surface area (Å²) in [6.07, 6.45) is -0.802. The van der Waals surface area contributed by atoms with Crippen LogP contribution in [0.2, 0.25) is 0 Å². The summed E-state index contributed by atoms with van der Waals surface area (Å²) in [7, 11) is 1.35. The second-order valence-electron chi connectivity index (χ2n) is 5.24. The SMILES string of the molecule is COc1c2n3c(cc1=O)C(O)CN3C(C)(C)NC2=O. The zero-order valence-corrected chi connectivity index (χ0v) is 10.9. The molecule has 3 rings (SSSR count). The fourth-order valence-electron chi connectivity index (χ4n) is 2.72. The summed E-state index contributed by atoms with van der Waals surface area (Å²) in [5, 5.41) is 14.7. The van der Waals surface area contributed by atoms with Crippen LogP contribution in [0.4, 0.5) is 0 Å². The van der Waals surface area contributed by atoms with Crippen LogP contribution in [0.3, 0.4) is 0 Å². The number of aromatic nitrogens is 1. The highest BCUT2D eigenvalue weighted by atomic mass is 16.5. The van der Waals surface area contributed by atoms with Gasteiger partial charge in [0.15, 0.2) is 11.4 Å². The summed E-state index contributed by atoms with van der Waals surface area (Å²) < 4.78 is 6.63. The molecular weight excluding hydrogens is 250 g/mol. The third kappa shape index (κ3) is 1.42. The van der Waals surface area contributed by atoms with Gasteiger partial charge in [-0.15, -0.1) is 0 Å². The zero-order chi connectivity index (χ0) is 13.9. The molecule has 0 bridgehead atoms. The molecule has 1 aromatic rings. The average Bonchev–Trinajstić information content (AvgIpc) is 2.64. The fraction of sp³-hybridized carbons (Fsp3) is 0.500. The van der Waals surface area contributed by atoms with E-state index in [1.165, 1.54) is 13.2 Å². The van der Waals surface area contributed by atoms with E-state index in [0.717, 1.165) is 0 Å². The Balaban J connectivity index is 2.38. The van der Waals surface area contributed by atoms with Crippen LogP contribution in [0, 0.1) is 0 Å². The van der Waals surface area contributed by atoms with Crippen molar-refractivity contribution < 1.29 is 14.6 Å². The van der Waals surface area contributed by atoms with E-state index in [1.54, 1.807) is 4.68 Å². The highest BCUT2D eigenvalue weighted by Crippen LogP contribution is 2.33. The van der Waals surface area contributed by atoms with Crippen LogP contribution in [-0.2, 0) is 0 Å². The highest BCUT2D eigenvalue weighted by Gasteiger charge is 2.45. The Kier molecular flexibility index (Phi) is 2.22. The van der Waals surface area contributed by atoms with Crippen molar-refractivity contribution in [2.24, 2.45) is 0 Å². The van der Waals surface area contributed by atoms with E-state index in [2.05, 4.69) is 5.32 Å². The van der Waals surface area contributed by atoms with Crippen molar-refractivity contribution in [2.45, 2.75) is 25.6 Å². The number of aliphatic hydroxyl groups excluding tert-OH is 1. The second-order valence-corrected chi connectivity index (χ2v) is 5.24. The summed E-state index contributed by atoms with van der Waals surface area (Å²) in [5.74, 6) is -0.387. The Morgan fingerprint density at radius 1 is 1.47 bits per heavy atom. The lowest BCUT2D eigenvalue weighted by Gasteiger charge is -2.43. The van der Waals surface area contributed by atoms with E-state index in [-0.39, 0.29) is 17.4 Å². The number of hydrogen-bond acceptors (Lipinski definition) is 5. The van der Waals surface area contributed by atoms with Gasteiger partial charge in [0.25, 0.3) is 5.91 Å². The molecular formula is C12H15N3O4. The molecule has 0 spiro atoms. The van der Waals surface area contributed by atoms with Gasteiger partial charge in [0.1, 0.15) is 11.8 Å². The Morgan fingerprint density at radius 3 is 2.79 bits per heavy atom. The van der Waals surface area contributed by atoms with Crippen molar-refractivity contribution in [1.29, 1.82) is 0 Å². The standard InChI is InChI=1S/C12H15N3O4/c1-12(2)13-11(18)9-10(19-3)7(16)4-6-8(17)5-14(12)15(6)9/h4,8,17H,5H2,1-3H3,(H,13,18). The first-order valence-electron chi connectivity index (χ1n) is 5.99. The van der Waals surface area contributed by atoms with E-state index in [9.17, 15) is 14.7 Å². The lowest BCUT2D eigenvalue weighted by molar-refractivity contribution is 0.0846. The molecule has 2 aliphatic rings. The fourth-order valence-corrected chi connectivity index (χ4v) is 2.72. The Bertz CT molecular complexity index is 635. The molecule has 102 valence electrons. The van der Waals surface area contributed by atoms with Crippen molar-refractivity contribution in [3.8, 4) is 5.75 Å². The monoisotopic (exact) mass is 265 g/mol. The van der Waals surface area contributed by atoms with Gasteiger partial charge in [0.05, 0.1) is 19.3 Å². The van der Waals surface area contributed by atoms with E-state index in [1.807, 2.05) is 18.9 Å². The maximum absolute atomic E-state index is 12.2. The predicted octanol–water partition coefficient (Wildman–Crippen LogP) is -0.679. The largest absolute Gasteiger partial charge is 0.491 e. The molecule has 7 nitrogen and oxygen atoms in total. The minimum absolute atomic E-state index is 0.00384. The van der Waals surface area contributed by atoms with Gasteiger partial charge in [-0.1, -0.05) is 0 Å². The van der Waals surface area contributed by atoms with Gasteiger partial charge < -0.3 is 15.2 Å². The first kappa shape index (κ1) is 12.0. The van der Waals surface area contributed by atoms with Gasteiger partial charge in [-0.3, -0.25) is 14.6 Å². The third-order valence-electron chi connectivity index (χ3n) is 3.59. The Hall–Kier alpha value is -2.02. The predicted molar refractivity (Wildman–Crippen MR) is 66.8 cm³/mol. The maximum atomic E-state index is 12.2. The first-order chi connectivity index (χ1) is 8.86. The second kappa shape index (κ2) is 3.51. The molecule has 2 N–H and O–H groups in total. The van der Waals surface area contributed by atoms with Gasteiger partial charge in [-0.05, 0) is 13.8 Å². The van der Waals surface area contributed by atoms with Gasteiger partial charge in [0, 0.05) is 6.07 Å². The maximum Gasteiger partial charge on any atom is 0.275 e. The molecule has 0 saturated carbocycles. The van der Waals surface area contributed by atoms with E-state index >= 15 is 0 Å². The van der Waals surface area contributed by atoms with Crippen LogP contribution >= 0.6 is 0 Å². The minimum Gasteiger partial charge on any atom is -0.491 e. The number of carbonyl (C=O) groups is 1. The van der Waals surface area contributed by atoms with Crippen LogP contribution in [-0.4, -0.2) is 35.0 Å². The lowest BCUT2D eigenvalue weighted by atomic mass is 10.1. The quantitative estimate of drug-likeness (QED) is 0.703. The number of pyridine rings is 1. The van der Waals surface area contributed by atoms with E-state index in [0.29, 0.717) is 12.2 Å². The van der Waals surface area contributed by atoms with Crippen molar-refractivity contribution in [3.63, 3.8) is 0 Å². The number of aliphatic hydroxyl groups is 1. The average molecular weight is 265 g/mol. The van der Waals surface area contributed by atoms with Gasteiger partial charge in [-0.2, -0.15) is 0 Å². The van der Waals surface area contributed by atoms with Gasteiger partial charge >= 0.3 is 0 Å². The number of hydrogen-bond donors (Lipinski definition) is 2. The molecule has 0 saturated heterocycles. The first-order valence-corrected chi connectivity index (χ1v) is 5.99. The molecule has 7 heteroatoms. The molecule has 0 fully saturated rings. The third-order valence-corrected chi connectivity index (χ3v) is 3.59. The van der Waals surface area contributed by atoms with Crippen molar-refractivity contribution in [3.05, 3.63) is 27.7 Å². The lowest BCUT2D eigenvalue weighted by Crippen LogP contribution is -2.65. The molecule has 1 unspecified atom stereocenters. The number of methoxy groups -OCH3 is 1. The summed E-state index contributed by atoms with van der Waals surface area (Å²) in [6.45, 7) is 3.98. The van der Waals surface area contributed by atoms with Crippen molar-refractivity contribution in [1.82, 2.24) is 9.99 Å². The van der Waals surface area contributed by atoms with Crippen LogP contribution in [0.5, 0.6) is 5.75 Å². The molecule has 19 heavy (non-hydrogen) atoms. The van der Waals surface area contributed by atoms with Crippen LogP contribution in [0.25, 0.3) is 0 Å². The van der Waals surface area contributed by atoms with Gasteiger partial charge in [0.2, 0.25) is 5.43 Å². The molecule has 0 aromatic carbocycles. The highest BCUT2D eigenvalue weighted by molar-refractivity contribution is 5.97. The molecule has 2 aliphatic heterocycles. The minimum atomic E-state index is -0.802. The van der Waals surface area contributed by atoms with Crippen molar-refractivity contribution >= 4 is 5.91 Å². The topological polar surface area (TPSA) is 83.8 Å². The summed E-state index contributed by atoms with van der Waals surface area (Å²) in [5.41, 5.74) is -0.486. The molecule has 0 radical (unpaired) electrons. The Morgan fingerprint density at radius 2 is 2.16 bits per heavy atom. The normalized spacial score (nSPS) is 23.1. The number of nitrogens with zero attached hydrogens (tertiary/aromatic N) is 2. The Labute approximate surface area is 109 Å². The van der Waals surface area contributed by atoms with Crippen LogP contribution in [0.1, 0.15) is 36.1 Å². The van der Waals surface area contributed by atoms with Crippen LogP contribution in [0.15, 0.2) is 10.9 Å². The number of carbonyl (C=O) groups excluding carboxylic acids is 1. The zero-order valence-electron chi connectivity index (χ0n) is 10.9. The molecule has 0 aliphatic carbocycles. The van der Waals surface area contributed by atoms with Gasteiger partial charge in [-0.25, -0.2) is 4.68 Å². The molecule has 1 atom stereocenters. The number of rotatable bonds is 1. The smallest absolute Gasteiger partial charge is 0.275 e. The number of ether oxygens (including phenoxy) is 1. The van der Waals surface area contributed by atoms with Crippen LogP contribution < -0.4 is 20.5 Å². The molecule has 1 amide bonds. The summed E-state index contributed by atoms with van der Waals surface area (Å²) in [6, 6.07) is 1.32. The molecule has 1 aromatic heterocycles. The number of amides is 1. The summed E-state index contributed by atoms with van der Waals surface area (Å²) >= 11 is 0. The van der Waals surface area contributed by atoms with Crippen molar-refractivity contribution in [2.75, 3.05) is 18.7 Å². The summed E-state index contributed by atoms with van der Waals surface area (Å²) in [4.78, 5) is 24.1. The number of nitrogens with one attached hydrogen (secondary N) is 1. The van der Waals surface area contributed by atoms with E-state index < -0.39 is 17.2 Å². The molecule has 3 heterocycles.